The van der Waals surface area contributed by atoms with E-state index >= 15 is 0 Å². The average molecular weight is 491 g/mol. The molecule has 0 heterocycles. The number of phenolic OH excluding ortho intramolecular Hbond substituents is 1. The van der Waals surface area contributed by atoms with Crippen molar-refractivity contribution in [3.05, 3.63) is 80.2 Å². The van der Waals surface area contributed by atoms with Gasteiger partial charge in [-0.15, -0.1) is 0 Å². The zero-order valence-electron chi connectivity index (χ0n) is 15.2. The van der Waals surface area contributed by atoms with Crippen molar-refractivity contribution in [3.63, 3.8) is 0 Å². The highest BCUT2D eigenvalue weighted by molar-refractivity contribution is 9.11. The third-order valence-corrected chi connectivity index (χ3v) is 5.80. The van der Waals surface area contributed by atoms with Crippen molar-refractivity contribution < 1.29 is 9.84 Å². The molecule has 0 fully saturated rings. The second kappa shape index (κ2) is 8.36. The van der Waals surface area contributed by atoms with Gasteiger partial charge in [0, 0.05) is 23.2 Å². The number of rotatable bonds is 5. The van der Waals surface area contributed by atoms with Crippen molar-refractivity contribution in [2.24, 2.45) is 0 Å². The van der Waals surface area contributed by atoms with Crippen molar-refractivity contribution in [1.29, 1.82) is 0 Å². The Kier molecular flexibility index (Phi) is 6.12. The molecule has 0 unspecified atom stereocenters. The number of hydrogen-bond acceptors (Lipinski definition) is 3. The lowest BCUT2D eigenvalue weighted by molar-refractivity contribution is 0.449. The summed E-state index contributed by atoms with van der Waals surface area (Å²) in [6.45, 7) is 4.09. The van der Waals surface area contributed by atoms with Crippen LogP contribution in [-0.2, 0) is 6.42 Å². The van der Waals surface area contributed by atoms with Gasteiger partial charge >= 0.3 is 0 Å². The number of nitrogen functional groups attached to an aromatic ring is 1. The first-order valence-corrected chi connectivity index (χ1v) is 10.3. The van der Waals surface area contributed by atoms with Gasteiger partial charge in [0.2, 0.25) is 0 Å². The quantitative estimate of drug-likeness (QED) is 0.378. The summed E-state index contributed by atoms with van der Waals surface area (Å²) in [6, 6.07) is 17.5. The van der Waals surface area contributed by atoms with Crippen molar-refractivity contribution in [1.82, 2.24) is 0 Å². The number of hydrogen-bond donors (Lipinski definition) is 2. The predicted octanol–water partition coefficient (Wildman–Crippen LogP) is 7.01. The molecule has 3 rings (SSSR count). The molecule has 5 heteroatoms. The minimum Gasteiger partial charge on any atom is -0.508 e. The normalized spacial score (nSPS) is 11.0. The topological polar surface area (TPSA) is 55.5 Å². The standard InChI is InChI=1S/C22H21Br2NO2/c1-13(2)16-12-20(27-22-17(23)8-9-18(25)21(22)24)15(11-19(16)26)10-14-6-4-3-5-7-14/h3-9,11-13,26H,10,25H2,1-2H3. The second-order valence-electron chi connectivity index (χ2n) is 6.72. The summed E-state index contributed by atoms with van der Waals surface area (Å²) in [4.78, 5) is 0. The molecule has 0 radical (unpaired) electrons. The zero-order valence-corrected chi connectivity index (χ0v) is 18.3. The van der Waals surface area contributed by atoms with E-state index in [0.29, 0.717) is 28.1 Å². The number of aromatic hydroxyl groups is 1. The molecule has 27 heavy (non-hydrogen) atoms. The Hall–Kier alpha value is -1.98. The van der Waals surface area contributed by atoms with E-state index in [9.17, 15) is 5.11 Å². The lowest BCUT2D eigenvalue weighted by Crippen LogP contribution is -1.99. The summed E-state index contributed by atoms with van der Waals surface area (Å²) in [7, 11) is 0. The van der Waals surface area contributed by atoms with E-state index in [4.69, 9.17) is 10.5 Å². The molecule has 0 spiro atoms. The number of anilines is 1. The van der Waals surface area contributed by atoms with Crippen LogP contribution in [-0.4, -0.2) is 5.11 Å². The molecule has 140 valence electrons. The summed E-state index contributed by atoms with van der Waals surface area (Å²) in [5, 5.41) is 10.5. The van der Waals surface area contributed by atoms with Crippen LogP contribution in [0.3, 0.4) is 0 Å². The lowest BCUT2D eigenvalue weighted by atomic mass is 9.96. The van der Waals surface area contributed by atoms with E-state index in [1.54, 1.807) is 6.07 Å². The van der Waals surface area contributed by atoms with Gasteiger partial charge in [-0.05, 0) is 67.6 Å². The maximum absolute atomic E-state index is 10.5. The summed E-state index contributed by atoms with van der Waals surface area (Å²) in [6.07, 6.45) is 0.652. The average Bonchev–Trinajstić information content (AvgIpc) is 2.64. The predicted molar refractivity (Wildman–Crippen MR) is 118 cm³/mol. The molecule has 0 saturated carbocycles. The number of phenols is 1. The van der Waals surface area contributed by atoms with Crippen molar-refractivity contribution in [2.45, 2.75) is 26.2 Å². The van der Waals surface area contributed by atoms with Crippen molar-refractivity contribution in [3.8, 4) is 17.2 Å². The molecular weight excluding hydrogens is 470 g/mol. The number of halogens is 2. The molecule has 0 aliphatic heterocycles. The SMILES string of the molecule is CC(C)c1cc(Oc2c(Br)ccc(N)c2Br)c(Cc2ccccc2)cc1O. The molecule has 3 nitrogen and oxygen atoms in total. The van der Waals surface area contributed by atoms with Crippen LogP contribution >= 0.6 is 31.9 Å². The van der Waals surface area contributed by atoms with Gasteiger partial charge in [0.1, 0.15) is 11.5 Å². The molecule has 3 aromatic rings. The largest absolute Gasteiger partial charge is 0.508 e. The highest BCUT2D eigenvalue weighted by Gasteiger charge is 2.17. The van der Waals surface area contributed by atoms with E-state index in [-0.39, 0.29) is 11.7 Å². The van der Waals surface area contributed by atoms with Crippen LogP contribution < -0.4 is 10.5 Å². The molecule has 0 aromatic heterocycles. The van der Waals surface area contributed by atoms with Gasteiger partial charge in [0.25, 0.3) is 0 Å². The fraction of sp³-hybridized carbons (Fsp3) is 0.182. The van der Waals surface area contributed by atoms with Crippen LogP contribution in [0.5, 0.6) is 17.2 Å². The monoisotopic (exact) mass is 489 g/mol. The molecule has 0 aliphatic carbocycles. The first-order valence-electron chi connectivity index (χ1n) is 8.68. The Balaban J connectivity index is 2.09. The summed E-state index contributed by atoms with van der Waals surface area (Å²) < 4.78 is 7.78. The van der Waals surface area contributed by atoms with Gasteiger partial charge < -0.3 is 15.6 Å². The number of nitrogens with two attached hydrogens (primary N) is 1. The Bertz CT molecular complexity index is 956. The third kappa shape index (κ3) is 4.47. The fourth-order valence-corrected chi connectivity index (χ4v) is 3.99. The minimum absolute atomic E-state index is 0.172. The molecule has 0 aliphatic rings. The summed E-state index contributed by atoms with van der Waals surface area (Å²) in [5.41, 5.74) is 9.51. The Morgan fingerprint density at radius 2 is 1.74 bits per heavy atom. The van der Waals surface area contributed by atoms with Crippen LogP contribution in [0.2, 0.25) is 0 Å². The van der Waals surface area contributed by atoms with E-state index in [1.807, 2.05) is 50.2 Å². The van der Waals surface area contributed by atoms with E-state index in [0.717, 1.165) is 21.2 Å². The van der Waals surface area contributed by atoms with Gasteiger partial charge in [0.15, 0.2) is 5.75 Å². The molecule has 0 atom stereocenters. The Morgan fingerprint density at radius 3 is 2.41 bits per heavy atom. The second-order valence-corrected chi connectivity index (χ2v) is 8.36. The van der Waals surface area contributed by atoms with Crippen LogP contribution in [0.1, 0.15) is 36.5 Å². The smallest absolute Gasteiger partial charge is 0.157 e. The molecular formula is C22H21Br2NO2. The maximum atomic E-state index is 10.5. The van der Waals surface area contributed by atoms with Gasteiger partial charge in [-0.1, -0.05) is 44.2 Å². The first kappa shape index (κ1) is 19.8. The highest BCUT2D eigenvalue weighted by atomic mass is 79.9. The lowest BCUT2D eigenvalue weighted by Gasteiger charge is -2.18. The Labute approximate surface area is 176 Å². The van der Waals surface area contributed by atoms with Crippen LogP contribution in [0.4, 0.5) is 5.69 Å². The minimum atomic E-state index is 0.172. The van der Waals surface area contributed by atoms with Crippen molar-refractivity contribution in [2.75, 3.05) is 5.73 Å². The van der Waals surface area contributed by atoms with Crippen LogP contribution in [0.25, 0.3) is 0 Å². The maximum Gasteiger partial charge on any atom is 0.157 e. The third-order valence-electron chi connectivity index (χ3n) is 4.36. The van der Waals surface area contributed by atoms with Gasteiger partial charge in [0.05, 0.1) is 8.95 Å². The molecule has 0 saturated heterocycles. The van der Waals surface area contributed by atoms with Gasteiger partial charge in [-0.2, -0.15) is 0 Å². The Morgan fingerprint density at radius 1 is 1.04 bits per heavy atom. The van der Waals surface area contributed by atoms with E-state index in [1.165, 1.54) is 0 Å². The van der Waals surface area contributed by atoms with Crippen LogP contribution in [0.15, 0.2) is 63.5 Å². The summed E-state index contributed by atoms with van der Waals surface area (Å²) >= 11 is 7.04. The molecule has 0 amide bonds. The van der Waals surface area contributed by atoms with Gasteiger partial charge in [-0.3, -0.25) is 0 Å². The number of ether oxygens (including phenoxy) is 1. The molecule has 0 bridgehead atoms. The van der Waals surface area contributed by atoms with E-state index < -0.39 is 0 Å². The zero-order chi connectivity index (χ0) is 19.6. The fourth-order valence-electron chi connectivity index (χ4n) is 2.89. The first-order chi connectivity index (χ1) is 12.9. The number of benzene rings is 3. The van der Waals surface area contributed by atoms with Gasteiger partial charge in [-0.25, -0.2) is 0 Å². The van der Waals surface area contributed by atoms with E-state index in [2.05, 4.69) is 44.0 Å². The highest BCUT2D eigenvalue weighted by Crippen LogP contribution is 2.43. The molecule has 3 aromatic carbocycles. The van der Waals surface area contributed by atoms with Crippen molar-refractivity contribution >= 4 is 37.5 Å². The summed E-state index contributed by atoms with van der Waals surface area (Å²) in [5.74, 6) is 1.77. The molecule has 3 N–H and O–H groups in total. The van der Waals surface area contributed by atoms with Crippen LogP contribution in [0, 0.1) is 0 Å².